The Morgan fingerprint density at radius 2 is 2.05 bits per heavy atom. The minimum Gasteiger partial charge on any atom is -0.459 e. The number of nitrogens with zero attached hydrogens (tertiary/aromatic N) is 1. The summed E-state index contributed by atoms with van der Waals surface area (Å²) >= 11 is 9.35. The maximum absolute atomic E-state index is 5.89. The molecular weight excluding hydrogens is 352 g/mol. The number of rotatable bonds is 3. The second-order valence-electron chi connectivity index (χ2n) is 4.96. The Morgan fingerprint density at radius 3 is 2.81 bits per heavy atom. The maximum atomic E-state index is 5.89. The first-order valence-electron chi connectivity index (χ1n) is 6.61. The second-order valence-corrected chi connectivity index (χ2v) is 6.27. The number of aryl methyl sites for hydroxylation is 1. The first-order chi connectivity index (χ1) is 10.0. The van der Waals surface area contributed by atoms with Gasteiger partial charge in [0.25, 0.3) is 0 Å². The quantitative estimate of drug-likeness (QED) is 0.603. The Morgan fingerprint density at radius 1 is 1.24 bits per heavy atom. The molecule has 1 aromatic carbocycles. The molecule has 0 radical (unpaired) electrons. The zero-order valence-corrected chi connectivity index (χ0v) is 14.0. The molecule has 0 bridgehead atoms. The summed E-state index contributed by atoms with van der Waals surface area (Å²) in [6, 6.07) is 11.8. The molecule has 2 heterocycles. The predicted octanol–water partition coefficient (Wildman–Crippen LogP) is 5.73. The fourth-order valence-electron chi connectivity index (χ4n) is 2.24. The summed E-state index contributed by atoms with van der Waals surface area (Å²) in [6.07, 6.45) is 0. The summed E-state index contributed by atoms with van der Waals surface area (Å²) < 4.78 is 6.93. The summed E-state index contributed by atoms with van der Waals surface area (Å²) in [5.74, 6) is 0.887. The molecule has 0 fully saturated rings. The van der Waals surface area contributed by atoms with Crippen molar-refractivity contribution in [2.75, 3.05) is 5.32 Å². The van der Waals surface area contributed by atoms with Gasteiger partial charge in [0.1, 0.15) is 16.5 Å². The van der Waals surface area contributed by atoms with Crippen molar-refractivity contribution in [1.82, 2.24) is 4.98 Å². The molecule has 0 aliphatic heterocycles. The van der Waals surface area contributed by atoms with Gasteiger partial charge < -0.3 is 9.73 Å². The summed E-state index contributed by atoms with van der Waals surface area (Å²) in [6.45, 7) is 3.98. The highest BCUT2D eigenvalue weighted by atomic mass is 79.9. The van der Waals surface area contributed by atoms with Gasteiger partial charge in [-0.3, -0.25) is 0 Å². The van der Waals surface area contributed by atoms with Crippen LogP contribution in [0, 0.1) is 6.92 Å². The Bertz CT molecular complexity index is 800. The van der Waals surface area contributed by atoms with E-state index in [0.29, 0.717) is 5.15 Å². The van der Waals surface area contributed by atoms with E-state index in [1.54, 1.807) is 6.07 Å². The third kappa shape index (κ3) is 3.06. The van der Waals surface area contributed by atoms with Gasteiger partial charge in [0.2, 0.25) is 0 Å². The Balaban J connectivity index is 1.87. The van der Waals surface area contributed by atoms with Crippen molar-refractivity contribution < 1.29 is 4.42 Å². The number of hydrogen-bond acceptors (Lipinski definition) is 3. The molecule has 108 valence electrons. The van der Waals surface area contributed by atoms with Crippen molar-refractivity contribution >= 4 is 44.2 Å². The lowest BCUT2D eigenvalue weighted by Crippen LogP contribution is -2.07. The van der Waals surface area contributed by atoms with Crippen LogP contribution in [0.5, 0.6) is 0 Å². The number of aromatic nitrogens is 1. The molecule has 21 heavy (non-hydrogen) atoms. The number of benzene rings is 1. The van der Waals surface area contributed by atoms with Crippen LogP contribution in [-0.4, -0.2) is 4.98 Å². The van der Waals surface area contributed by atoms with Gasteiger partial charge in [-0.05, 0) is 50.2 Å². The molecule has 3 rings (SSSR count). The van der Waals surface area contributed by atoms with E-state index in [9.17, 15) is 0 Å². The molecule has 0 saturated carbocycles. The summed E-state index contributed by atoms with van der Waals surface area (Å²) in [7, 11) is 0. The number of hydrogen-bond donors (Lipinski definition) is 1. The highest BCUT2D eigenvalue weighted by Gasteiger charge is 2.13. The van der Waals surface area contributed by atoms with E-state index in [1.165, 1.54) is 0 Å². The van der Waals surface area contributed by atoms with Gasteiger partial charge in [-0.2, -0.15) is 0 Å². The molecule has 1 N–H and O–H groups in total. The highest BCUT2D eigenvalue weighted by Crippen LogP contribution is 2.29. The maximum Gasteiger partial charge on any atom is 0.134 e. The van der Waals surface area contributed by atoms with Crippen molar-refractivity contribution in [2.24, 2.45) is 0 Å². The average Bonchev–Trinajstić information content (AvgIpc) is 2.85. The van der Waals surface area contributed by atoms with Gasteiger partial charge >= 0.3 is 0 Å². The molecule has 3 aromatic rings. The molecule has 0 saturated heterocycles. The predicted molar refractivity (Wildman–Crippen MR) is 89.9 cm³/mol. The Kier molecular flexibility index (Phi) is 3.91. The van der Waals surface area contributed by atoms with Crippen LogP contribution in [0.25, 0.3) is 11.0 Å². The van der Waals surface area contributed by atoms with Crippen LogP contribution < -0.4 is 5.32 Å². The smallest absolute Gasteiger partial charge is 0.134 e. The van der Waals surface area contributed by atoms with E-state index in [0.717, 1.165) is 32.6 Å². The molecule has 1 unspecified atom stereocenters. The topological polar surface area (TPSA) is 38.1 Å². The van der Waals surface area contributed by atoms with E-state index in [4.69, 9.17) is 16.0 Å². The highest BCUT2D eigenvalue weighted by molar-refractivity contribution is 9.10. The first-order valence-corrected chi connectivity index (χ1v) is 7.79. The van der Waals surface area contributed by atoms with Crippen LogP contribution in [0.2, 0.25) is 5.15 Å². The third-order valence-corrected chi connectivity index (χ3v) is 4.05. The van der Waals surface area contributed by atoms with Gasteiger partial charge in [0.15, 0.2) is 0 Å². The number of nitrogens with one attached hydrogen (secondary N) is 1. The van der Waals surface area contributed by atoms with Crippen molar-refractivity contribution in [2.45, 2.75) is 19.9 Å². The van der Waals surface area contributed by atoms with Crippen molar-refractivity contribution in [3.8, 4) is 0 Å². The Labute approximate surface area is 136 Å². The molecule has 1 atom stereocenters. The fraction of sp³-hybridized carbons (Fsp3) is 0.188. The molecule has 0 aliphatic rings. The Hall–Kier alpha value is -1.52. The van der Waals surface area contributed by atoms with Crippen LogP contribution in [-0.2, 0) is 0 Å². The van der Waals surface area contributed by atoms with E-state index in [2.05, 4.69) is 39.2 Å². The van der Waals surface area contributed by atoms with Crippen LogP contribution in [0.15, 0.2) is 45.3 Å². The van der Waals surface area contributed by atoms with Crippen LogP contribution in [0.1, 0.15) is 24.4 Å². The van der Waals surface area contributed by atoms with Gasteiger partial charge in [0, 0.05) is 9.86 Å². The van der Waals surface area contributed by atoms with Crippen molar-refractivity contribution in [3.63, 3.8) is 0 Å². The largest absolute Gasteiger partial charge is 0.459 e. The zero-order valence-electron chi connectivity index (χ0n) is 11.7. The lowest BCUT2D eigenvalue weighted by Gasteiger charge is -2.14. The normalized spacial score (nSPS) is 12.6. The summed E-state index contributed by atoms with van der Waals surface area (Å²) in [5, 5.41) is 4.98. The summed E-state index contributed by atoms with van der Waals surface area (Å²) in [4.78, 5) is 4.24. The van der Waals surface area contributed by atoms with Crippen molar-refractivity contribution in [3.05, 3.63) is 57.5 Å². The zero-order chi connectivity index (χ0) is 15.0. The number of anilines is 1. The minimum absolute atomic E-state index is 0.0397. The molecule has 2 aromatic heterocycles. The minimum atomic E-state index is 0.0397. The number of halogens is 2. The van der Waals surface area contributed by atoms with Crippen molar-refractivity contribution in [1.29, 1.82) is 0 Å². The fourth-order valence-corrected chi connectivity index (χ4v) is 2.80. The molecule has 0 spiro atoms. The number of fused-ring (bicyclic) bond motifs is 1. The van der Waals surface area contributed by atoms with E-state index < -0.39 is 0 Å². The monoisotopic (exact) mass is 364 g/mol. The second kappa shape index (κ2) is 5.70. The molecule has 0 amide bonds. The number of pyridine rings is 1. The number of furan rings is 1. The van der Waals surface area contributed by atoms with E-state index in [1.807, 2.05) is 31.2 Å². The molecular formula is C16H14BrClN2O. The standard InChI is InChI=1S/C16H14BrClN2O/c1-9-13(4-6-16(18)20-9)19-10(2)15-8-11-7-12(17)3-5-14(11)21-15/h3-8,10,19H,1-2H3. The SMILES string of the molecule is Cc1nc(Cl)ccc1NC(C)c1cc2cc(Br)ccc2o1. The lowest BCUT2D eigenvalue weighted by molar-refractivity contribution is 0.526. The molecule has 3 nitrogen and oxygen atoms in total. The van der Waals surface area contributed by atoms with Gasteiger partial charge in [-0.15, -0.1) is 0 Å². The van der Waals surface area contributed by atoms with Crippen LogP contribution in [0.3, 0.4) is 0 Å². The lowest BCUT2D eigenvalue weighted by atomic mass is 10.2. The summed E-state index contributed by atoms with van der Waals surface area (Å²) in [5.41, 5.74) is 2.70. The van der Waals surface area contributed by atoms with Gasteiger partial charge in [-0.1, -0.05) is 27.5 Å². The first kappa shape index (κ1) is 14.4. The molecule has 5 heteroatoms. The van der Waals surface area contributed by atoms with E-state index >= 15 is 0 Å². The van der Waals surface area contributed by atoms with Crippen LogP contribution >= 0.6 is 27.5 Å². The van der Waals surface area contributed by atoms with E-state index in [-0.39, 0.29) is 6.04 Å². The van der Waals surface area contributed by atoms with Gasteiger partial charge in [0.05, 0.1) is 17.4 Å². The molecule has 0 aliphatic carbocycles. The third-order valence-electron chi connectivity index (χ3n) is 3.35. The van der Waals surface area contributed by atoms with Crippen LogP contribution in [0.4, 0.5) is 5.69 Å². The average molecular weight is 366 g/mol. The van der Waals surface area contributed by atoms with Gasteiger partial charge in [-0.25, -0.2) is 4.98 Å².